The summed E-state index contributed by atoms with van der Waals surface area (Å²) in [5.74, 6) is -11.1. The fourth-order valence-electron chi connectivity index (χ4n) is 3.23. The number of hydrogen-bond acceptors (Lipinski definition) is 4. The van der Waals surface area contributed by atoms with E-state index in [1.807, 2.05) is 0 Å². The Balaban J connectivity index is 1.53. The molecule has 2 heterocycles. The number of carboxylic acid groups (broad SMARTS) is 1. The number of urea groups is 1. The highest BCUT2D eigenvalue weighted by molar-refractivity contribution is 5.97. The molecule has 0 spiro atoms. The first-order valence-electron chi connectivity index (χ1n) is 8.94. The van der Waals surface area contributed by atoms with Gasteiger partial charge < -0.3 is 14.6 Å². The van der Waals surface area contributed by atoms with E-state index in [1.165, 1.54) is 29.2 Å². The number of allylic oxidation sites excluding steroid dienone is 4. The van der Waals surface area contributed by atoms with Crippen molar-refractivity contribution in [3.63, 3.8) is 0 Å². The van der Waals surface area contributed by atoms with Crippen molar-refractivity contribution in [1.82, 2.24) is 4.90 Å². The van der Waals surface area contributed by atoms with Gasteiger partial charge in [-0.15, -0.1) is 0 Å². The molecule has 11 heteroatoms. The maximum absolute atomic E-state index is 14.2. The Morgan fingerprint density at radius 3 is 2.58 bits per heavy atom. The van der Waals surface area contributed by atoms with E-state index in [0.717, 1.165) is 29.6 Å². The number of anilines is 1. The summed E-state index contributed by atoms with van der Waals surface area (Å²) in [5.41, 5.74) is -0.805. The fourth-order valence-corrected chi connectivity index (χ4v) is 3.23. The topological polar surface area (TPSA) is 79.3 Å². The number of carbonyl (C=O) groups is 2. The number of carbonyl (C=O) groups excluding carboxylic acids is 1. The predicted molar refractivity (Wildman–Crippen MR) is 98.3 cm³/mol. The van der Waals surface area contributed by atoms with E-state index >= 15 is 0 Å². The fraction of sp³-hybridized carbons (Fsp3) is 0.200. The second kappa shape index (κ2) is 7.18. The van der Waals surface area contributed by atoms with E-state index < -0.39 is 35.2 Å². The molecule has 0 saturated carbocycles. The highest BCUT2D eigenvalue weighted by atomic mass is 19.3. The zero-order chi connectivity index (χ0) is 22.4. The average Bonchev–Trinajstić information content (AvgIpc) is 3.11. The van der Waals surface area contributed by atoms with Crippen molar-refractivity contribution in [2.24, 2.45) is 0 Å². The molecule has 1 aromatic rings. The Hall–Kier alpha value is -3.76. The summed E-state index contributed by atoms with van der Waals surface area (Å²) in [4.78, 5) is 26.3. The van der Waals surface area contributed by atoms with Gasteiger partial charge in [-0.1, -0.05) is 12.1 Å². The van der Waals surface area contributed by atoms with Gasteiger partial charge in [0, 0.05) is 18.8 Å². The number of nitrogens with zero attached hydrogens (tertiary/aromatic N) is 2. The molecule has 0 radical (unpaired) electrons. The van der Waals surface area contributed by atoms with Gasteiger partial charge in [-0.05, 0) is 30.4 Å². The number of ether oxygens (including phenoxy) is 2. The lowest BCUT2D eigenvalue weighted by Gasteiger charge is -2.31. The van der Waals surface area contributed by atoms with Crippen molar-refractivity contribution in [1.29, 1.82) is 0 Å². The third-order valence-electron chi connectivity index (χ3n) is 4.83. The van der Waals surface area contributed by atoms with E-state index in [4.69, 9.17) is 14.6 Å². The van der Waals surface area contributed by atoms with Gasteiger partial charge in [-0.2, -0.15) is 17.6 Å². The van der Waals surface area contributed by atoms with Crippen LogP contribution in [0.3, 0.4) is 0 Å². The summed E-state index contributed by atoms with van der Waals surface area (Å²) >= 11 is 0. The molecule has 0 aromatic heterocycles. The highest BCUT2D eigenvalue weighted by Crippen LogP contribution is 2.47. The lowest BCUT2D eigenvalue weighted by Crippen LogP contribution is -2.43. The standard InChI is InChI=1S/C20H14F4N2O5/c21-19(22)6-2-5-14(20(19,23)24)15-10-30-11-16(31-15)26-8-7-25(18(26)29)13-4-1-3-12(9-13)17(27)28/h1-6,9-11H,7-8H2,(H,27,28). The number of halogens is 4. The summed E-state index contributed by atoms with van der Waals surface area (Å²) in [6.07, 6.45) is 3.38. The lowest BCUT2D eigenvalue weighted by atomic mass is 9.95. The monoisotopic (exact) mass is 438 g/mol. The van der Waals surface area contributed by atoms with Crippen molar-refractivity contribution >= 4 is 17.7 Å². The molecule has 2 aliphatic heterocycles. The van der Waals surface area contributed by atoms with E-state index in [9.17, 15) is 27.2 Å². The quantitative estimate of drug-likeness (QED) is 0.717. The molecule has 0 atom stereocenters. The van der Waals surface area contributed by atoms with E-state index in [-0.39, 0.29) is 30.6 Å². The highest BCUT2D eigenvalue weighted by Gasteiger charge is 2.59. The van der Waals surface area contributed by atoms with Crippen LogP contribution in [0.25, 0.3) is 0 Å². The van der Waals surface area contributed by atoms with E-state index in [0.29, 0.717) is 5.69 Å². The minimum Gasteiger partial charge on any atom is -0.478 e. The molecule has 4 rings (SSSR count). The van der Waals surface area contributed by atoms with Gasteiger partial charge in [0.1, 0.15) is 6.26 Å². The first kappa shape index (κ1) is 20.5. The van der Waals surface area contributed by atoms with Gasteiger partial charge in [0.2, 0.25) is 5.88 Å². The Morgan fingerprint density at radius 1 is 1.10 bits per heavy atom. The van der Waals surface area contributed by atoms with Gasteiger partial charge in [0.15, 0.2) is 12.0 Å². The first-order chi connectivity index (χ1) is 14.6. The van der Waals surface area contributed by atoms with Crippen LogP contribution >= 0.6 is 0 Å². The molecule has 1 N–H and O–H groups in total. The maximum Gasteiger partial charge on any atom is 0.342 e. The number of amides is 2. The molecule has 1 aliphatic carbocycles. The molecular weight excluding hydrogens is 424 g/mol. The van der Waals surface area contributed by atoms with Crippen molar-refractivity contribution in [2.45, 2.75) is 11.8 Å². The Bertz CT molecular complexity index is 1080. The van der Waals surface area contributed by atoms with Gasteiger partial charge >= 0.3 is 23.8 Å². The third kappa shape index (κ3) is 3.41. The van der Waals surface area contributed by atoms with Crippen LogP contribution < -0.4 is 4.90 Å². The second-order valence-electron chi connectivity index (χ2n) is 6.75. The van der Waals surface area contributed by atoms with Crippen molar-refractivity contribution < 1.29 is 41.7 Å². The van der Waals surface area contributed by atoms with Gasteiger partial charge in [0.25, 0.3) is 0 Å². The normalized spacial score (nSPS) is 21.7. The third-order valence-corrected chi connectivity index (χ3v) is 4.83. The van der Waals surface area contributed by atoms with Crippen LogP contribution in [0.15, 0.2) is 72.2 Å². The summed E-state index contributed by atoms with van der Waals surface area (Å²) in [7, 11) is 0. The summed E-state index contributed by atoms with van der Waals surface area (Å²) in [5, 5.41) is 9.12. The molecule has 162 valence electrons. The smallest absolute Gasteiger partial charge is 0.342 e. The summed E-state index contributed by atoms with van der Waals surface area (Å²) in [6, 6.07) is 5.05. The summed E-state index contributed by atoms with van der Waals surface area (Å²) in [6.45, 7) is 0.200. The molecule has 3 aliphatic rings. The maximum atomic E-state index is 14.2. The predicted octanol–water partition coefficient (Wildman–Crippen LogP) is 4.08. The molecule has 1 aromatic carbocycles. The van der Waals surface area contributed by atoms with Crippen molar-refractivity contribution in [3.8, 4) is 0 Å². The van der Waals surface area contributed by atoms with Gasteiger partial charge in [-0.25, -0.2) is 9.59 Å². The molecule has 31 heavy (non-hydrogen) atoms. The largest absolute Gasteiger partial charge is 0.478 e. The zero-order valence-corrected chi connectivity index (χ0v) is 15.6. The van der Waals surface area contributed by atoms with Crippen LogP contribution in [0.2, 0.25) is 0 Å². The average molecular weight is 438 g/mol. The van der Waals surface area contributed by atoms with Gasteiger partial charge in [-0.3, -0.25) is 9.80 Å². The zero-order valence-electron chi connectivity index (χ0n) is 15.6. The number of aromatic carboxylic acids is 1. The molecule has 1 saturated heterocycles. The number of alkyl halides is 4. The number of hydrogen-bond donors (Lipinski definition) is 1. The second-order valence-corrected chi connectivity index (χ2v) is 6.75. The Labute approximate surface area is 172 Å². The van der Waals surface area contributed by atoms with Crippen LogP contribution in [-0.4, -0.2) is 46.9 Å². The van der Waals surface area contributed by atoms with Crippen LogP contribution in [0.1, 0.15) is 10.4 Å². The number of benzene rings is 1. The van der Waals surface area contributed by atoms with Gasteiger partial charge in [0.05, 0.1) is 11.1 Å². The Morgan fingerprint density at radius 2 is 1.84 bits per heavy atom. The van der Waals surface area contributed by atoms with Crippen molar-refractivity contribution in [3.05, 3.63) is 77.8 Å². The summed E-state index contributed by atoms with van der Waals surface area (Å²) < 4.78 is 66.0. The first-order valence-corrected chi connectivity index (χ1v) is 8.94. The SMILES string of the molecule is O=C(O)c1cccc(N2CCN(C3=COC=C(C4=CC=CC(F)(F)C4(F)F)O3)C2=O)c1. The van der Waals surface area contributed by atoms with E-state index in [1.54, 1.807) is 0 Å². The van der Waals surface area contributed by atoms with Crippen LogP contribution in [0.5, 0.6) is 0 Å². The molecule has 0 unspecified atom stereocenters. The number of carboxylic acids is 1. The molecule has 1 fully saturated rings. The lowest BCUT2D eigenvalue weighted by molar-refractivity contribution is -0.156. The Kier molecular flexibility index (Phi) is 4.75. The minimum absolute atomic E-state index is 0.0223. The van der Waals surface area contributed by atoms with Crippen molar-refractivity contribution in [2.75, 3.05) is 18.0 Å². The minimum atomic E-state index is -4.54. The molecule has 0 bridgehead atoms. The number of rotatable bonds is 4. The molecular formula is C20H14F4N2O5. The van der Waals surface area contributed by atoms with E-state index in [2.05, 4.69) is 0 Å². The van der Waals surface area contributed by atoms with Crippen LogP contribution in [0, 0.1) is 0 Å². The molecule has 2 amide bonds. The van der Waals surface area contributed by atoms with Crippen LogP contribution in [-0.2, 0) is 9.47 Å². The molecule has 7 nitrogen and oxygen atoms in total. The van der Waals surface area contributed by atoms with Crippen LogP contribution in [0.4, 0.5) is 28.0 Å².